The van der Waals surface area contributed by atoms with Crippen molar-refractivity contribution in [2.75, 3.05) is 29.5 Å². The van der Waals surface area contributed by atoms with Gasteiger partial charge in [-0.15, -0.1) is 0 Å². The molecular weight excluding hydrogens is 298 g/mol. The van der Waals surface area contributed by atoms with Gasteiger partial charge in [0.05, 0.1) is 5.69 Å². The predicted octanol–water partition coefficient (Wildman–Crippen LogP) is 1.36. The van der Waals surface area contributed by atoms with Crippen molar-refractivity contribution in [3.05, 3.63) is 42.7 Å². The standard InChI is InChI=1S/C15H15N5OS/c21-22-8-6-19(7-9-22)14-10-13(12-4-2-1-3-5-12)18-15-16-11-17-20(14)15/h1-5,10-11H,6-9H2. The highest BCUT2D eigenvalue weighted by Gasteiger charge is 2.20. The zero-order valence-electron chi connectivity index (χ0n) is 11.9. The van der Waals surface area contributed by atoms with Crippen molar-refractivity contribution in [1.29, 1.82) is 0 Å². The molecule has 0 spiro atoms. The predicted molar refractivity (Wildman–Crippen MR) is 86.3 cm³/mol. The second-order valence-corrected chi connectivity index (χ2v) is 6.87. The molecule has 2 aromatic heterocycles. The van der Waals surface area contributed by atoms with Crippen LogP contribution in [-0.2, 0) is 10.8 Å². The van der Waals surface area contributed by atoms with Crippen LogP contribution in [0.25, 0.3) is 17.0 Å². The molecule has 22 heavy (non-hydrogen) atoms. The van der Waals surface area contributed by atoms with Crippen molar-refractivity contribution >= 4 is 22.4 Å². The first-order chi connectivity index (χ1) is 10.8. The minimum absolute atomic E-state index is 0.586. The van der Waals surface area contributed by atoms with Crippen molar-refractivity contribution in [1.82, 2.24) is 19.6 Å². The lowest BCUT2D eigenvalue weighted by atomic mass is 10.1. The molecule has 1 aliphatic rings. The molecule has 0 saturated carbocycles. The highest BCUT2D eigenvalue weighted by atomic mass is 32.2. The fourth-order valence-corrected chi connectivity index (χ4v) is 3.70. The van der Waals surface area contributed by atoms with Gasteiger partial charge in [0.2, 0.25) is 0 Å². The van der Waals surface area contributed by atoms with E-state index in [1.54, 1.807) is 4.52 Å². The summed E-state index contributed by atoms with van der Waals surface area (Å²) in [5.74, 6) is 2.93. The van der Waals surface area contributed by atoms with Crippen LogP contribution in [0.4, 0.5) is 5.82 Å². The molecule has 0 bridgehead atoms. The molecule has 3 aromatic rings. The number of anilines is 1. The smallest absolute Gasteiger partial charge is 0.254 e. The van der Waals surface area contributed by atoms with Crippen LogP contribution in [0.2, 0.25) is 0 Å². The summed E-state index contributed by atoms with van der Waals surface area (Å²) in [7, 11) is -0.703. The minimum Gasteiger partial charge on any atom is -0.355 e. The number of fused-ring (bicyclic) bond motifs is 1. The van der Waals surface area contributed by atoms with Crippen molar-refractivity contribution in [3.63, 3.8) is 0 Å². The zero-order valence-corrected chi connectivity index (χ0v) is 12.7. The Morgan fingerprint density at radius 2 is 1.86 bits per heavy atom. The molecular formula is C15H15N5OS. The normalized spacial score (nSPS) is 16.3. The van der Waals surface area contributed by atoms with Crippen molar-refractivity contribution in [2.45, 2.75) is 0 Å². The maximum absolute atomic E-state index is 11.6. The Labute approximate surface area is 130 Å². The van der Waals surface area contributed by atoms with E-state index in [1.807, 2.05) is 36.4 Å². The Hall–Kier alpha value is -2.28. The third-order valence-corrected chi connectivity index (χ3v) is 5.08. The first kappa shape index (κ1) is 13.4. The van der Waals surface area contributed by atoms with Gasteiger partial charge in [0, 0.05) is 47.0 Å². The molecule has 4 rings (SSSR count). The van der Waals surface area contributed by atoms with Gasteiger partial charge in [-0.2, -0.15) is 14.6 Å². The molecule has 1 aromatic carbocycles. The van der Waals surface area contributed by atoms with Crippen molar-refractivity contribution < 1.29 is 4.21 Å². The van der Waals surface area contributed by atoms with Crippen LogP contribution < -0.4 is 4.90 Å². The van der Waals surface area contributed by atoms with Crippen molar-refractivity contribution in [3.8, 4) is 11.3 Å². The molecule has 0 atom stereocenters. The lowest BCUT2D eigenvalue weighted by Crippen LogP contribution is -2.38. The second-order valence-electron chi connectivity index (χ2n) is 5.17. The summed E-state index contributed by atoms with van der Waals surface area (Å²) in [5.41, 5.74) is 1.93. The Morgan fingerprint density at radius 3 is 2.64 bits per heavy atom. The van der Waals surface area contributed by atoms with Crippen LogP contribution in [0.15, 0.2) is 42.7 Å². The topological polar surface area (TPSA) is 63.4 Å². The van der Waals surface area contributed by atoms with Crippen molar-refractivity contribution in [2.24, 2.45) is 0 Å². The van der Waals surface area contributed by atoms with E-state index in [0.29, 0.717) is 17.3 Å². The molecule has 0 radical (unpaired) electrons. The van der Waals surface area contributed by atoms with E-state index in [2.05, 4.69) is 20.0 Å². The molecule has 3 heterocycles. The lowest BCUT2D eigenvalue weighted by molar-refractivity contribution is 0.671. The maximum Gasteiger partial charge on any atom is 0.254 e. The van der Waals surface area contributed by atoms with E-state index in [4.69, 9.17) is 0 Å². The summed E-state index contributed by atoms with van der Waals surface area (Å²) in [5, 5.41) is 4.27. The minimum atomic E-state index is -0.703. The summed E-state index contributed by atoms with van der Waals surface area (Å²) in [4.78, 5) is 11.0. The molecule has 0 aliphatic carbocycles. The maximum atomic E-state index is 11.6. The average Bonchev–Trinajstić information content (AvgIpc) is 3.04. The number of benzene rings is 1. The summed E-state index contributed by atoms with van der Waals surface area (Å²) in [6.45, 7) is 1.53. The number of rotatable bonds is 2. The number of hydrogen-bond donors (Lipinski definition) is 0. The molecule has 1 saturated heterocycles. The fraction of sp³-hybridized carbons (Fsp3) is 0.267. The summed E-state index contributed by atoms with van der Waals surface area (Å²) >= 11 is 0. The Kier molecular flexibility index (Phi) is 3.34. The van der Waals surface area contributed by atoms with E-state index in [9.17, 15) is 4.21 Å². The van der Waals surface area contributed by atoms with Crippen LogP contribution in [0.1, 0.15) is 0 Å². The van der Waals surface area contributed by atoms with Gasteiger partial charge in [0.1, 0.15) is 12.1 Å². The van der Waals surface area contributed by atoms with E-state index in [-0.39, 0.29) is 0 Å². The number of nitrogens with zero attached hydrogens (tertiary/aromatic N) is 5. The Morgan fingerprint density at radius 1 is 1.09 bits per heavy atom. The van der Waals surface area contributed by atoms with Gasteiger partial charge in [-0.1, -0.05) is 30.3 Å². The van der Waals surface area contributed by atoms with Gasteiger partial charge >= 0.3 is 0 Å². The number of hydrogen-bond acceptors (Lipinski definition) is 5. The zero-order chi connectivity index (χ0) is 14.9. The molecule has 6 nitrogen and oxygen atoms in total. The molecule has 0 N–H and O–H groups in total. The van der Waals surface area contributed by atoms with Crippen LogP contribution in [0.5, 0.6) is 0 Å². The van der Waals surface area contributed by atoms with Crippen LogP contribution in [-0.4, -0.2) is 48.4 Å². The SMILES string of the molecule is O=S1CCN(c2cc(-c3ccccc3)nc3ncnn23)CC1. The molecule has 0 unspecified atom stereocenters. The van der Waals surface area contributed by atoms with Gasteiger partial charge in [-0.3, -0.25) is 4.21 Å². The first-order valence-corrected chi connectivity index (χ1v) is 8.66. The summed E-state index contributed by atoms with van der Waals surface area (Å²) < 4.78 is 13.3. The van der Waals surface area contributed by atoms with Crippen LogP contribution >= 0.6 is 0 Å². The monoisotopic (exact) mass is 313 g/mol. The number of aromatic nitrogens is 4. The van der Waals surface area contributed by atoms with Crippen LogP contribution in [0, 0.1) is 0 Å². The van der Waals surface area contributed by atoms with Gasteiger partial charge in [0.15, 0.2) is 0 Å². The van der Waals surface area contributed by atoms with Gasteiger partial charge in [-0.25, -0.2) is 4.98 Å². The Bertz CT molecular complexity index is 822. The molecule has 1 aliphatic heterocycles. The third-order valence-electron chi connectivity index (χ3n) is 3.80. The van der Waals surface area contributed by atoms with Gasteiger partial charge in [-0.05, 0) is 0 Å². The summed E-state index contributed by atoms with van der Waals surface area (Å²) in [6.07, 6.45) is 1.52. The lowest BCUT2D eigenvalue weighted by Gasteiger charge is -2.28. The Balaban J connectivity index is 1.82. The highest BCUT2D eigenvalue weighted by molar-refractivity contribution is 7.85. The molecule has 0 amide bonds. The molecule has 7 heteroatoms. The first-order valence-electron chi connectivity index (χ1n) is 7.17. The van der Waals surface area contributed by atoms with Crippen LogP contribution in [0.3, 0.4) is 0 Å². The van der Waals surface area contributed by atoms with E-state index < -0.39 is 10.8 Å². The average molecular weight is 313 g/mol. The van der Waals surface area contributed by atoms with Gasteiger partial charge in [0.25, 0.3) is 5.78 Å². The third kappa shape index (κ3) is 2.37. The van der Waals surface area contributed by atoms with E-state index in [0.717, 1.165) is 30.2 Å². The molecule has 1 fully saturated rings. The van der Waals surface area contributed by atoms with E-state index in [1.165, 1.54) is 6.33 Å². The summed E-state index contributed by atoms with van der Waals surface area (Å²) in [6, 6.07) is 12.1. The quantitative estimate of drug-likeness (QED) is 0.715. The van der Waals surface area contributed by atoms with Gasteiger partial charge < -0.3 is 4.90 Å². The largest absolute Gasteiger partial charge is 0.355 e. The van der Waals surface area contributed by atoms with E-state index >= 15 is 0 Å². The highest BCUT2D eigenvalue weighted by Crippen LogP contribution is 2.24. The second kappa shape index (κ2) is 5.49. The fourth-order valence-electron chi connectivity index (χ4n) is 2.65. The molecule has 112 valence electrons.